The molecule has 0 aliphatic carbocycles. The van der Waals surface area contributed by atoms with E-state index in [0.29, 0.717) is 29.3 Å². The van der Waals surface area contributed by atoms with E-state index in [0.717, 1.165) is 13.0 Å². The van der Waals surface area contributed by atoms with E-state index in [1.807, 2.05) is 19.0 Å². The monoisotopic (exact) mass is 525 g/mol. The Kier molecular flexibility index (Phi) is 9.44. The highest BCUT2D eigenvalue weighted by Crippen LogP contribution is 2.18. The molecule has 0 aliphatic rings. The minimum atomic E-state index is -0.409. The van der Waals surface area contributed by atoms with Gasteiger partial charge in [0.15, 0.2) is 5.82 Å². The molecule has 0 fully saturated rings. The van der Waals surface area contributed by atoms with Crippen molar-refractivity contribution in [1.82, 2.24) is 34.2 Å². The van der Waals surface area contributed by atoms with Gasteiger partial charge in [-0.1, -0.05) is 0 Å². The number of nitrogens with zero attached hydrogens (tertiary/aromatic N) is 5. The van der Waals surface area contributed by atoms with Gasteiger partial charge in [-0.3, -0.25) is 19.2 Å². The van der Waals surface area contributed by atoms with Crippen molar-refractivity contribution in [3.63, 3.8) is 0 Å². The predicted molar refractivity (Wildman–Crippen MR) is 143 cm³/mol. The molecule has 0 bridgehead atoms. The maximum atomic E-state index is 12.9. The van der Waals surface area contributed by atoms with Crippen molar-refractivity contribution in [2.75, 3.05) is 44.4 Å². The summed E-state index contributed by atoms with van der Waals surface area (Å²) in [6.07, 6.45) is 7.47. The molecule has 3 aromatic heterocycles. The van der Waals surface area contributed by atoms with Crippen molar-refractivity contribution >= 4 is 35.0 Å². The topological polar surface area (TPSA) is 147 Å². The summed E-state index contributed by atoms with van der Waals surface area (Å²) < 4.78 is 4.78. The van der Waals surface area contributed by atoms with E-state index in [-0.39, 0.29) is 30.6 Å². The van der Waals surface area contributed by atoms with Gasteiger partial charge in [0.2, 0.25) is 5.91 Å². The molecular formula is C25H35N9O4. The molecule has 0 saturated carbocycles. The maximum Gasteiger partial charge on any atom is 0.291 e. The quantitative estimate of drug-likeness (QED) is 0.257. The molecule has 3 heterocycles. The van der Waals surface area contributed by atoms with Gasteiger partial charge in [-0.25, -0.2) is 4.98 Å². The van der Waals surface area contributed by atoms with E-state index in [2.05, 4.69) is 26.3 Å². The Balaban J connectivity index is 1.51. The van der Waals surface area contributed by atoms with Gasteiger partial charge >= 0.3 is 0 Å². The normalized spacial score (nSPS) is 10.9. The van der Waals surface area contributed by atoms with E-state index < -0.39 is 11.8 Å². The first-order valence-electron chi connectivity index (χ1n) is 12.2. The molecule has 0 aromatic carbocycles. The standard InChI is InChI=1S/C25H35N9O4/c1-31(2)11-6-8-26-21(35)7-9-28-23(36)19-13-17(15-33(19)4)29-24(37)20-14-18(16-34(20)5)30-25(38)22-27-10-12-32(22)3/h10,12-16H,6-9,11H2,1-5H3,(H,26,35)(H,28,36)(H,29,37)(H,30,38). The third-order valence-corrected chi connectivity index (χ3v) is 5.76. The van der Waals surface area contributed by atoms with Crippen LogP contribution in [0.3, 0.4) is 0 Å². The van der Waals surface area contributed by atoms with Crippen molar-refractivity contribution in [2.45, 2.75) is 12.8 Å². The Hall–Kier alpha value is -4.39. The van der Waals surface area contributed by atoms with Crippen molar-refractivity contribution < 1.29 is 19.2 Å². The summed E-state index contributed by atoms with van der Waals surface area (Å²) in [5, 5.41) is 11.1. The zero-order valence-electron chi connectivity index (χ0n) is 22.4. The van der Waals surface area contributed by atoms with Crippen molar-refractivity contribution in [2.24, 2.45) is 21.1 Å². The lowest BCUT2D eigenvalue weighted by molar-refractivity contribution is -0.120. The second-order valence-corrected chi connectivity index (χ2v) is 9.23. The van der Waals surface area contributed by atoms with Gasteiger partial charge in [0.25, 0.3) is 17.7 Å². The van der Waals surface area contributed by atoms with Gasteiger partial charge in [0, 0.05) is 65.4 Å². The second-order valence-electron chi connectivity index (χ2n) is 9.23. The molecule has 3 rings (SSSR count). The fourth-order valence-corrected chi connectivity index (χ4v) is 3.78. The smallest absolute Gasteiger partial charge is 0.291 e. The molecule has 4 amide bonds. The fourth-order valence-electron chi connectivity index (χ4n) is 3.78. The molecule has 204 valence electrons. The number of imidazole rings is 1. The van der Waals surface area contributed by atoms with Crippen molar-refractivity contribution in [3.05, 3.63) is 54.1 Å². The van der Waals surface area contributed by atoms with Crippen molar-refractivity contribution in [3.8, 4) is 0 Å². The van der Waals surface area contributed by atoms with Crippen LogP contribution >= 0.6 is 0 Å². The number of aromatic nitrogens is 4. The first-order valence-corrected chi connectivity index (χ1v) is 12.2. The van der Waals surface area contributed by atoms with Crippen LogP contribution < -0.4 is 21.3 Å². The third kappa shape index (κ3) is 7.56. The first-order chi connectivity index (χ1) is 18.0. The average molecular weight is 526 g/mol. The van der Waals surface area contributed by atoms with Crippen LogP contribution in [-0.2, 0) is 25.9 Å². The highest BCUT2D eigenvalue weighted by atomic mass is 16.2. The maximum absolute atomic E-state index is 12.9. The summed E-state index contributed by atoms with van der Waals surface area (Å²) in [4.78, 5) is 55.9. The largest absolute Gasteiger partial charge is 0.356 e. The molecule has 0 atom stereocenters. The van der Waals surface area contributed by atoms with Gasteiger partial charge in [0.1, 0.15) is 11.4 Å². The van der Waals surface area contributed by atoms with Crippen LogP contribution in [0.15, 0.2) is 36.9 Å². The summed E-state index contributed by atoms with van der Waals surface area (Å²) in [6.45, 7) is 1.67. The molecule has 38 heavy (non-hydrogen) atoms. The lowest BCUT2D eigenvalue weighted by Crippen LogP contribution is -2.32. The Labute approximate surface area is 221 Å². The van der Waals surface area contributed by atoms with Crippen LogP contribution in [0.5, 0.6) is 0 Å². The van der Waals surface area contributed by atoms with Crippen LogP contribution in [-0.4, -0.2) is 80.9 Å². The summed E-state index contributed by atoms with van der Waals surface area (Å²) in [6, 6.07) is 3.11. The molecule has 0 saturated heterocycles. The molecule has 4 N–H and O–H groups in total. The number of hydrogen-bond acceptors (Lipinski definition) is 6. The number of amides is 4. The van der Waals surface area contributed by atoms with Gasteiger partial charge in [-0.2, -0.15) is 0 Å². The molecule has 0 aliphatic heterocycles. The Bertz CT molecular complexity index is 1300. The number of carbonyl (C=O) groups is 4. The Morgan fingerprint density at radius 2 is 1.42 bits per heavy atom. The minimum Gasteiger partial charge on any atom is -0.356 e. The van der Waals surface area contributed by atoms with Crippen molar-refractivity contribution in [1.29, 1.82) is 0 Å². The second kappa shape index (κ2) is 12.7. The van der Waals surface area contributed by atoms with Gasteiger partial charge in [-0.15, -0.1) is 0 Å². The lowest BCUT2D eigenvalue weighted by Gasteiger charge is -2.10. The highest BCUT2D eigenvalue weighted by molar-refractivity contribution is 6.06. The van der Waals surface area contributed by atoms with E-state index in [9.17, 15) is 19.2 Å². The van der Waals surface area contributed by atoms with E-state index >= 15 is 0 Å². The summed E-state index contributed by atoms with van der Waals surface area (Å²) in [5.74, 6) is -1.03. The number of hydrogen-bond donors (Lipinski definition) is 4. The number of rotatable bonds is 12. The van der Waals surface area contributed by atoms with Crippen LogP contribution in [0.4, 0.5) is 11.4 Å². The Morgan fingerprint density at radius 3 is 2.00 bits per heavy atom. The number of carbonyl (C=O) groups excluding carboxylic acids is 4. The number of anilines is 2. The van der Waals surface area contributed by atoms with E-state index in [1.165, 1.54) is 6.20 Å². The first kappa shape index (κ1) is 28.2. The number of nitrogens with one attached hydrogen (secondary N) is 4. The summed E-state index contributed by atoms with van der Waals surface area (Å²) >= 11 is 0. The summed E-state index contributed by atoms with van der Waals surface area (Å²) in [7, 11) is 9.04. The summed E-state index contributed by atoms with van der Waals surface area (Å²) in [5.41, 5.74) is 1.52. The molecular weight excluding hydrogens is 490 g/mol. The molecule has 13 heteroatoms. The zero-order chi connectivity index (χ0) is 27.8. The SMILES string of the molecule is CN(C)CCCNC(=O)CCNC(=O)c1cc(NC(=O)c2cc(NC(=O)c3nccn3C)cn2C)cn1C. The molecule has 0 radical (unpaired) electrons. The highest BCUT2D eigenvalue weighted by Gasteiger charge is 2.18. The minimum absolute atomic E-state index is 0.123. The molecule has 0 spiro atoms. The van der Waals surface area contributed by atoms with Crippen LogP contribution in [0.1, 0.15) is 44.4 Å². The van der Waals surface area contributed by atoms with Crippen LogP contribution in [0.25, 0.3) is 0 Å². The van der Waals surface area contributed by atoms with Crippen LogP contribution in [0.2, 0.25) is 0 Å². The molecule has 13 nitrogen and oxygen atoms in total. The molecule has 3 aromatic rings. The van der Waals surface area contributed by atoms with Gasteiger partial charge in [-0.05, 0) is 39.2 Å². The number of aryl methyl sites for hydroxylation is 3. The van der Waals surface area contributed by atoms with Gasteiger partial charge in [0.05, 0.1) is 11.4 Å². The van der Waals surface area contributed by atoms with Crippen LogP contribution in [0, 0.1) is 0 Å². The fraction of sp³-hybridized carbons (Fsp3) is 0.400. The lowest BCUT2D eigenvalue weighted by atomic mass is 10.3. The zero-order valence-corrected chi connectivity index (χ0v) is 22.4. The average Bonchev–Trinajstić information content (AvgIpc) is 3.54. The molecule has 0 unspecified atom stereocenters. The van der Waals surface area contributed by atoms with E-state index in [1.54, 1.807) is 65.6 Å². The third-order valence-electron chi connectivity index (χ3n) is 5.76. The predicted octanol–water partition coefficient (Wildman–Crippen LogP) is 0.790. The Morgan fingerprint density at radius 1 is 0.816 bits per heavy atom. The van der Waals surface area contributed by atoms with Gasteiger partial charge < -0.3 is 39.9 Å². The van der Waals surface area contributed by atoms with E-state index in [4.69, 9.17) is 0 Å².